The van der Waals surface area contributed by atoms with Crippen LogP contribution < -0.4 is 10.6 Å². The lowest BCUT2D eigenvalue weighted by Crippen LogP contribution is -2.41. The third-order valence-electron chi connectivity index (χ3n) is 5.82. The number of amides is 1. The van der Waals surface area contributed by atoms with Crippen LogP contribution in [0.5, 0.6) is 0 Å². The minimum Gasteiger partial charge on any atom is -0.381 e. The summed E-state index contributed by atoms with van der Waals surface area (Å²) in [5.41, 5.74) is 2.52. The number of carbonyl (C=O) groups is 1. The summed E-state index contributed by atoms with van der Waals surface area (Å²) in [6.07, 6.45) is 5.07. The van der Waals surface area contributed by atoms with E-state index < -0.39 is 0 Å². The minimum atomic E-state index is -0.142. The SMILES string of the molecule is Cc1ccc(NC(=O)c2ccc(NC3CCN(CC4CCOC4)CC3)nc2)cc1. The van der Waals surface area contributed by atoms with Crippen LogP contribution in [0, 0.1) is 12.8 Å². The first kappa shape index (κ1) is 19.9. The highest BCUT2D eigenvalue weighted by molar-refractivity contribution is 6.04. The summed E-state index contributed by atoms with van der Waals surface area (Å²) >= 11 is 0. The van der Waals surface area contributed by atoms with Gasteiger partial charge in [0.1, 0.15) is 5.82 Å². The predicted octanol–water partition coefficient (Wildman–Crippen LogP) is 3.56. The molecule has 2 aliphatic heterocycles. The molecule has 2 aliphatic rings. The maximum absolute atomic E-state index is 12.4. The molecule has 2 N–H and O–H groups in total. The standard InChI is InChI=1S/C23H30N4O2/c1-17-2-5-20(6-3-17)26-23(28)19-4-7-22(24-14-19)25-21-8-11-27(12-9-21)15-18-10-13-29-16-18/h2-7,14,18,21H,8-13,15-16H2,1H3,(H,24,25)(H,26,28). The van der Waals surface area contributed by atoms with Crippen molar-refractivity contribution in [2.45, 2.75) is 32.2 Å². The van der Waals surface area contributed by atoms with Gasteiger partial charge in [-0.1, -0.05) is 17.7 Å². The van der Waals surface area contributed by atoms with Gasteiger partial charge in [0.15, 0.2) is 0 Å². The third-order valence-corrected chi connectivity index (χ3v) is 5.82. The van der Waals surface area contributed by atoms with E-state index in [1.165, 1.54) is 12.0 Å². The number of carbonyl (C=O) groups excluding carboxylic acids is 1. The van der Waals surface area contributed by atoms with Crippen molar-refractivity contribution in [3.8, 4) is 0 Å². The summed E-state index contributed by atoms with van der Waals surface area (Å²) in [6, 6.07) is 11.9. The molecule has 0 aliphatic carbocycles. The Bertz CT molecular complexity index is 793. The van der Waals surface area contributed by atoms with E-state index in [0.717, 1.165) is 57.2 Å². The van der Waals surface area contributed by atoms with Gasteiger partial charge in [-0.05, 0) is 56.4 Å². The zero-order valence-electron chi connectivity index (χ0n) is 17.1. The van der Waals surface area contributed by atoms with E-state index in [4.69, 9.17) is 4.74 Å². The summed E-state index contributed by atoms with van der Waals surface area (Å²) in [5.74, 6) is 1.40. The van der Waals surface area contributed by atoms with Crippen molar-refractivity contribution in [3.63, 3.8) is 0 Å². The summed E-state index contributed by atoms with van der Waals surface area (Å²) in [4.78, 5) is 19.4. The van der Waals surface area contributed by atoms with Crippen LogP contribution in [0.15, 0.2) is 42.6 Å². The number of ether oxygens (including phenoxy) is 1. The Balaban J connectivity index is 1.24. The Hall–Kier alpha value is -2.44. The van der Waals surface area contributed by atoms with Crippen molar-refractivity contribution < 1.29 is 9.53 Å². The Morgan fingerprint density at radius 3 is 2.59 bits per heavy atom. The fourth-order valence-electron chi connectivity index (χ4n) is 4.02. The molecule has 1 unspecified atom stereocenters. The summed E-state index contributed by atoms with van der Waals surface area (Å²) in [5, 5.41) is 6.43. The summed E-state index contributed by atoms with van der Waals surface area (Å²) in [7, 11) is 0. The van der Waals surface area contributed by atoms with E-state index in [0.29, 0.717) is 17.5 Å². The molecule has 0 saturated carbocycles. The van der Waals surface area contributed by atoms with Gasteiger partial charge in [0, 0.05) is 44.2 Å². The zero-order valence-corrected chi connectivity index (χ0v) is 17.1. The fraction of sp³-hybridized carbons (Fsp3) is 0.478. The number of nitrogens with zero attached hydrogens (tertiary/aromatic N) is 2. The average Bonchev–Trinajstić information content (AvgIpc) is 3.25. The Morgan fingerprint density at radius 2 is 1.93 bits per heavy atom. The van der Waals surface area contributed by atoms with Crippen LogP contribution >= 0.6 is 0 Å². The van der Waals surface area contributed by atoms with Crippen molar-refractivity contribution in [1.82, 2.24) is 9.88 Å². The fourth-order valence-corrected chi connectivity index (χ4v) is 4.02. The minimum absolute atomic E-state index is 0.142. The maximum atomic E-state index is 12.4. The molecule has 4 rings (SSSR count). The van der Waals surface area contributed by atoms with Crippen LogP contribution in [0.25, 0.3) is 0 Å². The molecule has 2 aromatic rings. The van der Waals surface area contributed by atoms with E-state index in [-0.39, 0.29) is 5.91 Å². The second-order valence-electron chi connectivity index (χ2n) is 8.20. The molecule has 1 amide bonds. The number of likely N-dealkylation sites (tertiary alicyclic amines) is 1. The zero-order chi connectivity index (χ0) is 20.1. The first-order valence-corrected chi connectivity index (χ1v) is 10.6. The van der Waals surface area contributed by atoms with Crippen molar-refractivity contribution >= 4 is 17.4 Å². The van der Waals surface area contributed by atoms with Gasteiger partial charge >= 0.3 is 0 Å². The largest absolute Gasteiger partial charge is 0.381 e. The topological polar surface area (TPSA) is 66.5 Å². The van der Waals surface area contributed by atoms with E-state index in [9.17, 15) is 4.79 Å². The highest BCUT2D eigenvalue weighted by Crippen LogP contribution is 2.20. The van der Waals surface area contributed by atoms with Gasteiger partial charge in [-0.15, -0.1) is 0 Å². The average molecular weight is 395 g/mol. The van der Waals surface area contributed by atoms with Crippen molar-refractivity contribution in [1.29, 1.82) is 0 Å². The lowest BCUT2D eigenvalue weighted by atomic mass is 10.0. The Kier molecular flexibility index (Phi) is 6.42. The molecule has 154 valence electrons. The van der Waals surface area contributed by atoms with Gasteiger partial charge in [-0.2, -0.15) is 0 Å². The van der Waals surface area contributed by atoms with Gasteiger partial charge < -0.3 is 20.3 Å². The maximum Gasteiger partial charge on any atom is 0.257 e. The number of hydrogen-bond acceptors (Lipinski definition) is 5. The second-order valence-corrected chi connectivity index (χ2v) is 8.20. The van der Waals surface area contributed by atoms with Gasteiger partial charge in [0.25, 0.3) is 5.91 Å². The molecule has 1 atom stereocenters. The first-order valence-electron chi connectivity index (χ1n) is 10.6. The molecule has 2 saturated heterocycles. The molecular weight excluding hydrogens is 364 g/mol. The molecule has 6 nitrogen and oxygen atoms in total. The van der Waals surface area contributed by atoms with E-state index in [1.54, 1.807) is 6.20 Å². The van der Waals surface area contributed by atoms with Crippen LogP contribution in [0.2, 0.25) is 0 Å². The number of pyridine rings is 1. The van der Waals surface area contributed by atoms with Crippen molar-refractivity contribution in [3.05, 3.63) is 53.7 Å². The normalized spacial score (nSPS) is 20.5. The van der Waals surface area contributed by atoms with Crippen LogP contribution in [-0.4, -0.2) is 54.7 Å². The van der Waals surface area contributed by atoms with E-state index in [2.05, 4.69) is 20.5 Å². The molecule has 6 heteroatoms. The predicted molar refractivity (Wildman–Crippen MR) is 115 cm³/mol. The number of hydrogen-bond donors (Lipinski definition) is 2. The van der Waals surface area contributed by atoms with Crippen LogP contribution in [-0.2, 0) is 4.74 Å². The molecule has 3 heterocycles. The lowest BCUT2D eigenvalue weighted by Gasteiger charge is -2.33. The summed E-state index contributed by atoms with van der Waals surface area (Å²) < 4.78 is 5.49. The number of nitrogens with one attached hydrogen (secondary N) is 2. The quantitative estimate of drug-likeness (QED) is 0.784. The molecule has 0 spiro atoms. The highest BCUT2D eigenvalue weighted by atomic mass is 16.5. The number of benzene rings is 1. The van der Waals surface area contributed by atoms with Crippen LogP contribution in [0.1, 0.15) is 35.2 Å². The monoisotopic (exact) mass is 394 g/mol. The van der Waals surface area contributed by atoms with Crippen LogP contribution in [0.3, 0.4) is 0 Å². The number of piperidine rings is 1. The number of rotatable bonds is 6. The van der Waals surface area contributed by atoms with Crippen molar-refractivity contribution in [2.24, 2.45) is 5.92 Å². The number of anilines is 2. The third kappa shape index (κ3) is 5.55. The first-order chi connectivity index (χ1) is 14.2. The van der Waals surface area contributed by atoms with Gasteiger partial charge in [0.05, 0.1) is 12.2 Å². The Morgan fingerprint density at radius 1 is 1.14 bits per heavy atom. The number of aromatic nitrogens is 1. The molecule has 0 bridgehead atoms. The van der Waals surface area contributed by atoms with E-state index in [1.807, 2.05) is 43.3 Å². The molecule has 2 fully saturated rings. The van der Waals surface area contributed by atoms with Crippen LogP contribution in [0.4, 0.5) is 11.5 Å². The van der Waals surface area contributed by atoms with Gasteiger partial charge in [-0.3, -0.25) is 4.79 Å². The highest BCUT2D eigenvalue weighted by Gasteiger charge is 2.24. The van der Waals surface area contributed by atoms with Crippen molar-refractivity contribution in [2.75, 3.05) is 43.5 Å². The Labute approximate surface area is 172 Å². The van der Waals surface area contributed by atoms with E-state index >= 15 is 0 Å². The molecule has 1 aromatic heterocycles. The van der Waals surface area contributed by atoms with Gasteiger partial charge in [-0.25, -0.2) is 4.98 Å². The molecule has 29 heavy (non-hydrogen) atoms. The number of aryl methyl sites for hydroxylation is 1. The molecule has 1 aromatic carbocycles. The molecular formula is C23H30N4O2. The summed E-state index contributed by atoms with van der Waals surface area (Å²) in [6.45, 7) is 7.27. The second kappa shape index (κ2) is 9.37. The lowest BCUT2D eigenvalue weighted by molar-refractivity contribution is 0.102. The van der Waals surface area contributed by atoms with Gasteiger partial charge in [0.2, 0.25) is 0 Å². The smallest absolute Gasteiger partial charge is 0.257 e. The molecule has 0 radical (unpaired) electrons.